The molecule has 1 atom stereocenters. The van der Waals surface area contributed by atoms with Gasteiger partial charge in [-0.25, -0.2) is 0 Å². The quantitative estimate of drug-likeness (QED) is 0.810. The Balaban J connectivity index is 1.44. The molecule has 0 saturated carbocycles. The predicted octanol–water partition coefficient (Wildman–Crippen LogP) is 1.31. The number of nitrogens with zero attached hydrogens (tertiary/aromatic N) is 2. The number of amides is 2. The van der Waals surface area contributed by atoms with Gasteiger partial charge in [0.1, 0.15) is 13.2 Å². The van der Waals surface area contributed by atoms with Crippen LogP contribution in [0.3, 0.4) is 0 Å². The number of carbonyl (C=O) groups excluding carboxylic acids is 2. The van der Waals surface area contributed by atoms with E-state index in [0.29, 0.717) is 51.0 Å². The highest BCUT2D eigenvalue weighted by Crippen LogP contribution is 2.36. The Labute approximate surface area is 152 Å². The molecule has 1 unspecified atom stereocenters. The SMILES string of the molecule is CN(CC1(C)COC1)C(=O)C1CC(=O)N(c2ccc3c(c2)OCCO3)C1. The lowest BCUT2D eigenvalue weighted by molar-refractivity contribution is -0.145. The molecule has 3 aliphatic heterocycles. The molecule has 1 aromatic rings. The summed E-state index contributed by atoms with van der Waals surface area (Å²) in [6, 6.07) is 5.47. The number of hydrogen-bond donors (Lipinski definition) is 0. The average Bonchev–Trinajstić information content (AvgIpc) is 3.01. The van der Waals surface area contributed by atoms with Crippen LogP contribution >= 0.6 is 0 Å². The molecule has 2 amide bonds. The van der Waals surface area contributed by atoms with Gasteiger partial charge >= 0.3 is 0 Å². The highest BCUT2D eigenvalue weighted by atomic mass is 16.6. The lowest BCUT2D eigenvalue weighted by Gasteiger charge is -2.41. The van der Waals surface area contributed by atoms with Gasteiger partial charge in [0.15, 0.2) is 11.5 Å². The number of benzene rings is 1. The van der Waals surface area contributed by atoms with E-state index in [1.807, 2.05) is 25.2 Å². The standard InChI is InChI=1S/C19H24N2O5/c1-19(11-24-12-19)10-20(2)18(23)13-7-17(22)21(9-13)14-3-4-15-16(8-14)26-6-5-25-15/h3-4,8,13H,5-7,9-12H2,1-2H3. The second kappa shape index (κ2) is 6.46. The topological polar surface area (TPSA) is 68.3 Å². The number of carbonyl (C=O) groups is 2. The van der Waals surface area contributed by atoms with Crippen LogP contribution in [0.5, 0.6) is 11.5 Å². The highest BCUT2D eigenvalue weighted by Gasteiger charge is 2.40. The minimum absolute atomic E-state index is 0.0199. The Morgan fingerprint density at radius 1 is 1.27 bits per heavy atom. The summed E-state index contributed by atoms with van der Waals surface area (Å²) in [5, 5.41) is 0. The average molecular weight is 360 g/mol. The summed E-state index contributed by atoms with van der Waals surface area (Å²) >= 11 is 0. The molecule has 0 aromatic heterocycles. The lowest BCUT2D eigenvalue weighted by atomic mass is 9.88. The van der Waals surface area contributed by atoms with Crippen LogP contribution in [0.1, 0.15) is 13.3 Å². The van der Waals surface area contributed by atoms with Crippen molar-refractivity contribution in [3.05, 3.63) is 18.2 Å². The van der Waals surface area contributed by atoms with E-state index in [-0.39, 0.29) is 29.6 Å². The van der Waals surface area contributed by atoms with Crippen LogP contribution in [0.4, 0.5) is 5.69 Å². The number of fused-ring (bicyclic) bond motifs is 1. The van der Waals surface area contributed by atoms with Crippen molar-refractivity contribution in [1.82, 2.24) is 4.90 Å². The van der Waals surface area contributed by atoms with Crippen molar-refractivity contribution in [1.29, 1.82) is 0 Å². The van der Waals surface area contributed by atoms with Crippen molar-refractivity contribution in [2.24, 2.45) is 11.3 Å². The number of anilines is 1. The van der Waals surface area contributed by atoms with Crippen LogP contribution < -0.4 is 14.4 Å². The fraction of sp³-hybridized carbons (Fsp3) is 0.579. The molecule has 0 radical (unpaired) electrons. The zero-order valence-electron chi connectivity index (χ0n) is 15.2. The molecule has 2 fully saturated rings. The molecule has 4 rings (SSSR count). The monoisotopic (exact) mass is 360 g/mol. The van der Waals surface area contributed by atoms with E-state index in [4.69, 9.17) is 14.2 Å². The van der Waals surface area contributed by atoms with Gasteiger partial charge in [-0.1, -0.05) is 6.92 Å². The Hall–Kier alpha value is -2.28. The summed E-state index contributed by atoms with van der Waals surface area (Å²) in [6.45, 7) is 5.55. The molecule has 26 heavy (non-hydrogen) atoms. The second-order valence-electron chi connectivity index (χ2n) is 7.73. The number of hydrogen-bond acceptors (Lipinski definition) is 5. The van der Waals surface area contributed by atoms with Crippen LogP contribution in [-0.4, -0.2) is 63.3 Å². The van der Waals surface area contributed by atoms with Gasteiger partial charge in [0.25, 0.3) is 0 Å². The second-order valence-corrected chi connectivity index (χ2v) is 7.73. The molecule has 7 heteroatoms. The van der Waals surface area contributed by atoms with E-state index >= 15 is 0 Å². The first-order valence-corrected chi connectivity index (χ1v) is 8.98. The van der Waals surface area contributed by atoms with Crippen LogP contribution in [0.25, 0.3) is 0 Å². The molecule has 0 spiro atoms. The molecule has 140 valence electrons. The molecule has 3 heterocycles. The third-order valence-electron chi connectivity index (χ3n) is 5.21. The number of ether oxygens (including phenoxy) is 3. The Morgan fingerprint density at radius 2 is 2.00 bits per heavy atom. The molecule has 0 bridgehead atoms. The lowest BCUT2D eigenvalue weighted by Crippen LogP contribution is -2.50. The fourth-order valence-electron chi connectivity index (χ4n) is 3.83. The molecular weight excluding hydrogens is 336 g/mol. The maximum Gasteiger partial charge on any atom is 0.227 e. The third-order valence-corrected chi connectivity index (χ3v) is 5.21. The van der Waals surface area contributed by atoms with Gasteiger partial charge in [0.05, 0.1) is 19.1 Å². The van der Waals surface area contributed by atoms with Crippen molar-refractivity contribution in [3.63, 3.8) is 0 Å². The van der Waals surface area contributed by atoms with Crippen molar-refractivity contribution in [2.75, 3.05) is 51.5 Å². The molecule has 2 saturated heterocycles. The molecule has 1 aromatic carbocycles. The van der Waals surface area contributed by atoms with Gasteiger partial charge in [-0.05, 0) is 12.1 Å². The van der Waals surface area contributed by atoms with Crippen LogP contribution in [0, 0.1) is 11.3 Å². The Kier molecular flexibility index (Phi) is 4.26. The van der Waals surface area contributed by atoms with Gasteiger partial charge < -0.3 is 24.0 Å². The van der Waals surface area contributed by atoms with Crippen molar-refractivity contribution in [2.45, 2.75) is 13.3 Å². The first-order chi connectivity index (χ1) is 12.5. The zero-order valence-corrected chi connectivity index (χ0v) is 15.2. The summed E-state index contributed by atoms with van der Waals surface area (Å²) in [5.74, 6) is 1.00. The van der Waals surface area contributed by atoms with Crippen LogP contribution in [0.15, 0.2) is 18.2 Å². The first-order valence-electron chi connectivity index (χ1n) is 8.98. The Bertz CT molecular complexity index is 731. The van der Waals surface area contributed by atoms with Gasteiger partial charge in [-0.2, -0.15) is 0 Å². The minimum atomic E-state index is -0.315. The minimum Gasteiger partial charge on any atom is -0.486 e. The van der Waals surface area contributed by atoms with Gasteiger partial charge in [0, 0.05) is 43.7 Å². The van der Waals surface area contributed by atoms with Crippen LogP contribution in [-0.2, 0) is 14.3 Å². The van der Waals surface area contributed by atoms with Gasteiger partial charge in [0.2, 0.25) is 11.8 Å². The molecular formula is C19H24N2O5. The molecule has 0 aliphatic carbocycles. The third kappa shape index (κ3) is 3.11. The van der Waals surface area contributed by atoms with E-state index in [0.717, 1.165) is 5.69 Å². The highest BCUT2D eigenvalue weighted by molar-refractivity contribution is 6.00. The smallest absolute Gasteiger partial charge is 0.227 e. The fourth-order valence-corrected chi connectivity index (χ4v) is 3.83. The van der Waals surface area contributed by atoms with Crippen LogP contribution in [0.2, 0.25) is 0 Å². The summed E-state index contributed by atoms with van der Waals surface area (Å²) in [6.07, 6.45) is 0.241. The van der Waals surface area contributed by atoms with E-state index in [1.54, 1.807) is 9.80 Å². The molecule has 3 aliphatic rings. The normalized spacial score (nSPS) is 23.5. The van der Waals surface area contributed by atoms with Crippen molar-refractivity contribution in [3.8, 4) is 11.5 Å². The van der Waals surface area contributed by atoms with E-state index in [2.05, 4.69) is 6.92 Å². The first kappa shape index (κ1) is 17.1. The predicted molar refractivity (Wildman–Crippen MR) is 94.5 cm³/mol. The number of rotatable bonds is 4. The molecule has 0 N–H and O–H groups in total. The van der Waals surface area contributed by atoms with Crippen molar-refractivity contribution >= 4 is 17.5 Å². The summed E-state index contributed by atoms with van der Waals surface area (Å²) in [5.41, 5.74) is 0.777. The largest absolute Gasteiger partial charge is 0.486 e. The zero-order chi connectivity index (χ0) is 18.3. The maximum absolute atomic E-state index is 12.8. The van der Waals surface area contributed by atoms with E-state index in [9.17, 15) is 9.59 Å². The van der Waals surface area contributed by atoms with E-state index < -0.39 is 0 Å². The Morgan fingerprint density at radius 3 is 2.69 bits per heavy atom. The van der Waals surface area contributed by atoms with E-state index in [1.165, 1.54) is 0 Å². The summed E-state index contributed by atoms with van der Waals surface area (Å²) < 4.78 is 16.4. The van der Waals surface area contributed by atoms with Gasteiger partial charge in [-0.15, -0.1) is 0 Å². The summed E-state index contributed by atoms with van der Waals surface area (Å²) in [4.78, 5) is 28.7. The summed E-state index contributed by atoms with van der Waals surface area (Å²) in [7, 11) is 1.81. The van der Waals surface area contributed by atoms with Crippen molar-refractivity contribution < 1.29 is 23.8 Å². The maximum atomic E-state index is 12.8. The molecule has 7 nitrogen and oxygen atoms in total. The van der Waals surface area contributed by atoms with Gasteiger partial charge in [-0.3, -0.25) is 9.59 Å².